The summed E-state index contributed by atoms with van der Waals surface area (Å²) in [7, 11) is -3.23. The van der Waals surface area contributed by atoms with Gasteiger partial charge in [0.2, 0.25) is 10.0 Å². The molecule has 0 amide bonds. The summed E-state index contributed by atoms with van der Waals surface area (Å²) >= 11 is 1.76. The van der Waals surface area contributed by atoms with Crippen LogP contribution in [0.2, 0.25) is 0 Å². The van der Waals surface area contributed by atoms with Crippen molar-refractivity contribution in [2.75, 3.05) is 26.2 Å². The summed E-state index contributed by atoms with van der Waals surface area (Å²) in [6, 6.07) is 14.0. The first kappa shape index (κ1) is 16.6. The number of thiophene rings is 1. The van der Waals surface area contributed by atoms with Crippen molar-refractivity contribution in [1.29, 1.82) is 0 Å². The van der Waals surface area contributed by atoms with E-state index in [1.165, 1.54) is 4.88 Å². The molecule has 1 aromatic heterocycles. The molecule has 0 aliphatic carbocycles. The average molecular weight is 351 g/mol. The van der Waals surface area contributed by atoms with E-state index in [0.29, 0.717) is 19.1 Å². The van der Waals surface area contributed by atoms with Gasteiger partial charge in [-0.15, -0.1) is 11.3 Å². The number of hydrogen-bond acceptors (Lipinski definition) is 4. The van der Waals surface area contributed by atoms with Crippen molar-refractivity contribution in [3.05, 3.63) is 58.3 Å². The van der Waals surface area contributed by atoms with Gasteiger partial charge < -0.3 is 0 Å². The van der Waals surface area contributed by atoms with Gasteiger partial charge in [0.05, 0.1) is 5.75 Å². The van der Waals surface area contributed by atoms with Crippen LogP contribution in [0.3, 0.4) is 0 Å². The number of nitrogens with zero attached hydrogens (tertiary/aromatic N) is 2. The first-order valence-corrected chi connectivity index (χ1v) is 10.3. The van der Waals surface area contributed by atoms with Gasteiger partial charge in [-0.05, 0) is 23.9 Å². The summed E-state index contributed by atoms with van der Waals surface area (Å²) in [5.41, 5.74) is 0.849. The Hall–Kier alpha value is -1.21. The quantitative estimate of drug-likeness (QED) is 0.832. The first-order valence-electron chi connectivity index (χ1n) is 7.85. The Morgan fingerprint density at radius 2 is 1.74 bits per heavy atom. The Bertz CT molecular complexity index is 706. The predicted octanol–water partition coefficient (Wildman–Crippen LogP) is 2.96. The Kier molecular flexibility index (Phi) is 5.16. The molecular formula is C17H22N2O2S2. The zero-order valence-electron chi connectivity index (χ0n) is 13.3. The van der Waals surface area contributed by atoms with Gasteiger partial charge in [0.1, 0.15) is 0 Å². The number of benzene rings is 1. The molecule has 1 saturated heterocycles. The van der Waals surface area contributed by atoms with Crippen LogP contribution in [0.25, 0.3) is 0 Å². The van der Waals surface area contributed by atoms with Gasteiger partial charge >= 0.3 is 0 Å². The molecule has 0 spiro atoms. The fourth-order valence-electron chi connectivity index (χ4n) is 2.95. The largest absolute Gasteiger partial charge is 0.293 e. The van der Waals surface area contributed by atoms with E-state index in [9.17, 15) is 8.42 Å². The van der Waals surface area contributed by atoms with Crippen LogP contribution in [0.5, 0.6) is 0 Å². The molecule has 1 atom stereocenters. The summed E-state index contributed by atoms with van der Waals surface area (Å²) < 4.78 is 26.8. The van der Waals surface area contributed by atoms with Crippen molar-refractivity contribution in [2.45, 2.75) is 18.7 Å². The smallest absolute Gasteiger partial charge is 0.218 e. The zero-order chi connectivity index (χ0) is 16.3. The molecule has 124 valence electrons. The van der Waals surface area contributed by atoms with E-state index in [-0.39, 0.29) is 5.75 Å². The highest BCUT2D eigenvalue weighted by Crippen LogP contribution is 2.26. The van der Waals surface area contributed by atoms with Gasteiger partial charge in [-0.3, -0.25) is 4.90 Å². The lowest BCUT2D eigenvalue weighted by molar-refractivity contribution is 0.147. The number of rotatable bonds is 5. The lowest BCUT2D eigenvalue weighted by atomic mass is 10.2. The van der Waals surface area contributed by atoms with Crippen LogP contribution in [-0.2, 0) is 15.8 Å². The number of piperazine rings is 1. The molecule has 4 nitrogen and oxygen atoms in total. The van der Waals surface area contributed by atoms with E-state index < -0.39 is 10.0 Å². The third-order valence-electron chi connectivity index (χ3n) is 4.36. The van der Waals surface area contributed by atoms with E-state index in [0.717, 1.165) is 18.7 Å². The van der Waals surface area contributed by atoms with Crippen LogP contribution >= 0.6 is 11.3 Å². The molecule has 2 heterocycles. The van der Waals surface area contributed by atoms with Crippen LogP contribution in [0, 0.1) is 0 Å². The minimum absolute atomic E-state index is 0.0916. The van der Waals surface area contributed by atoms with Crippen molar-refractivity contribution in [3.63, 3.8) is 0 Å². The molecule has 1 fully saturated rings. The molecule has 1 unspecified atom stereocenters. The minimum Gasteiger partial charge on any atom is -0.293 e. The third kappa shape index (κ3) is 4.01. The van der Waals surface area contributed by atoms with E-state index in [2.05, 4.69) is 29.3 Å². The molecule has 0 bridgehead atoms. The number of hydrogen-bond donors (Lipinski definition) is 0. The summed E-state index contributed by atoms with van der Waals surface area (Å²) in [4.78, 5) is 3.70. The molecule has 3 rings (SSSR count). The van der Waals surface area contributed by atoms with Crippen LogP contribution in [-0.4, -0.2) is 43.8 Å². The molecule has 0 N–H and O–H groups in total. The molecule has 0 radical (unpaired) electrons. The van der Waals surface area contributed by atoms with E-state index in [4.69, 9.17) is 0 Å². The van der Waals surface area contributed by atoms with Crippen molar-refractivity contribution in [2.24, 2.45) is 0 Å². The molecule has 1 aliphatic rings. The van der Waals surface area contributed by atoms with Crippen LogP contribution in [0.4, 0.5) is 0 Å². The molecule has 1 aromatic carbocycles. The van der Waals surface area contributed by atoms with E-state index in [1.807, 2.05) is 30.3 Å². The minimum atomic E-state index is -3.23. The summed E-state index contributed by atoms with van der Waals surface area (Å²) in [5, 5.41) is 2.09. The Morgan fingerprint density at radius 1 is 1.04 bits per heavy atom. The maximum Gasteiger partial charge on any atom is 0.218 e. The molecule has 6 heteroatoms. The van der Waals surface area contributed by atoms with Crippen molar-refractivity contribution in [3.8, 4) is 0 Å². The van der Waals surface area contributed by atoms with Gasteiger partial charge in [-0.1, -0.05) is 36.4 Å². The standard InChI is InChI=1S/C17H22N2O2S2/c1-15(17-8-5-13-22-17)18-9-11-19(12-10-18)23(20,21)14-16-6-3-2-4-7-16/h2-8,13,15H,9-12,14H2,1H3. The fourth-order valence-corrected chi connectivity index (χ4v) is 5.29. The van der Waals surface area contributed by atoms with Gasteiger partial charge in [0.15, 0.2) is 0 Å². The van der Waals surface area contributed by atoms with Gasteiger partial charge in [0, 0.05) is 37.1 Å². The van der Waals surface area contributed by atoms with Crippen LogP contribution < -0.4 is 0 Å². The Balaban J connectivity index is 1.60. The molecule has 1 aliphatic heterocycles. The lowest BCUT2D eigenvalue weighted by Crippen LogP contribution is -2.49. The maximum atomic E-state index is 12.6. The van der Waals surface area contributed by atoms with E-state index in [1.54, 1.807) is 15.6 Å². The van der Waals surface area contributed by atoms with Gasteiger partial charge in [-0.2, -0.15) is 4.31 Å². The predicted molar refractivity (Wildman–Crippen MR) is 94.9 cm³/mol. The molecular weight excluding hydrogens is 328 g/mol. The first-order chi connectivity index (χ1) is 11.1. The Morgan fingerprint density at radius 3 is 2.35 bits per heavy atom. The third-order valence-corrected chi connectivity index (χ3v) is 7.25. The normalized spacial score (nSPS) is 18.8. The molecule has 2 aromatic rings. The van der Waals surface area contributed by atoms with Gasteiger partial charge in [-0.25, -0.2) is 8.42 Å². The Labute approximate surface area is 142 Å². The second-order valence-corrected chi connectivity index (χ2v) is 8.82. The summed E-state index contributed by atoms with van der Waals surface area (Å²) in [6.07, 6.45) is 0. The van der Waals surface area contributed by atoms with Crippen LogP contribution in [0.15, 0.2) is 47.8 Å². The highest BCUT2D eigenvalue weighted by molar-refractivity contribution is 7.88. The second kappa shape index (κ2) is 7.13. The topological polar surface area (TPSA) is 40.6 Å². The van der Waals surface area contributed by atoms with Crippen LogP contribution in [0.1, 0.15) is 23.4 Å². The van der Waals surface area contributed by atoms with Crippen molar-refractivity contribution >= 4 is 21.4 Å². The zero-order valence-corrected chi connectivity index (χ0v) is 14.9. The SMILES string of the molecule is CC(c1cccs1)N1CCN(S(=O)(=O)Cc2ccccc2)CC1. The lowest BCUT2D eigenvalue weighted by Gasteiger charge is -2.37. The fraction of sp³-hybridized carbons (Fsp3) is 0.412. The van der Waals surface area contributed by atoms with Gasteiger partial charge in [0.25, 0.3) is 0 Å². The molecule has 0 saturated carbocycles. The van der Waals surface area contributed by atoms with E-state index >= 15 is 0 Å². The van der Waals surface area contributed by atoms with Crippen molar-refractivity contribution < 1.29 is 8.42 Å². The van der Waals surface area contributed by atoms with Crippen molar-refractivity contribution in [1.82, 2.24) is 9.21 Å². The summed E-state index contributed by atoms with van der Waals surface area (Å²) in [5.74, 6) is 0.0916. The number of sulfonamides is 1. The highest BCUT2D eigenvalue weighted by atomic mass is 32.2. The molecule has 23 heavy (non-hydrogen) atoms. The second-order valence-electron chi connectivity index (χ2n) is 5.87. The highest BCUT2D eigenvalue weighted by Gasteiger charge is 2.29. The monoisotopic (exact) mass is 350 g/mol. The summed E-state index contributed by atoms with van der Waals surface area (Å²) in [6.45, 7) is 4.91. The maximum absolute atomic E-state index is 12.6. The average Bonchev–Trinajstić information content (AvgIpc) is 3.09.